The van der Waals surface area contributed by atoms with Gasteiger partial charge in [0.15, 0.2) is 0 Å². The lowest BCUT2D eigenvalue weighted by Crippen LogP contribution is -2.01. The molecule has 1 N–H and O–H groups in total. The van der Waals surface area contributed by atoms with Crippen LogP contribution in [-0.4, -0.2) is 14.9 Å². The topological polar surface area (TPSA) is 81.0 Å². The lowest BCUT2D eigenvalue weighted by atomic mass is 10.2. The molecule has 0 atom stereocenters. The Morgan fingerprint density at radius 2 is 2.21 bits per heavy atom. The third-order valence-electron chi connectivity index (χ3n) is 2.31. The fourth-order valence-electron chi connectivity index (χ4n) is 1.43. The van der Waals surface area contributed by atoms with Crippen molar-refractivity contribution in [2.45, 2.75) is 6.92 Å². The average molecular weight is 344 g/mol. The van der Waals surface area contributed by atoms with E-state index in [1.165, 1.54) is 0 Å². The summed E-state index contributed by atoms with van der Waals surface area (Å²) in [4.78, 5) is 17.8. The lowest BCUT2D eigenvalue weighted by molar-refractivity contribution is -0.384. The van der Waals surface area contributed by atoms with Crippen LogP contribution in [-0.2, 0) is 0 Å². The van der Waals surface area contributed by atoms with Crippen LogP contribution in [0.2, 0.25) is 5.28 Å². The minimum absolute atomic E-state index is 0.0505. The van der Waals surface area contributed by atoms with Crippen molar-refractivity contribution in [3.8, 4) is 0 Å². The molecule has 0 saturated carbocycles. The van der Waals surface area contributed by atoms with Crippen molar-refractivity contribution in [2.24, 2.45) is 0 Å². The standard InChI is InChI=1S/C11H8BrClN4O2/c1-6-2-3-8(7(12)4-6)15-10-9(17(18)19)5-14-11(13)16-10/h2-5H,1H3,(H,14,15,16). The van der Waals surface area contributed by atoms with E-state index in [2.05, 4.69) is 31.2 Å². The molecule has 0 aliphatic rings. The first-order valence-corrected chi connectivity index (χ1v) is 6.34. The Morgan fingerprint density at radius 3 is 2.84 bits per heavy atom. The number of benzene rings is 1. The first-order chi connectivity index (χ1) is 8.97. The highest BCUT2D eigenvalue weighted by atomic mass is 79.9. The summed E-state index contributed by atoms with van der Waals surface area (Å²) in [6, 6.07) is 5.55. The zero-order valence-corrected chi connectivity index (χ0v) is 12.1. The minimum Gasteiger partial charge on any atom is -0.333 e. The molecule has 0 spiro atoms. The van der Waals surface area contributed by atoms with E-state index in [1.807, 2.05) is 19.1 Å². The number of hydrogen-bond acceptors (Lipinski definition) is 5. The minimum atomic E-state index is -0.569. The molecule has 98 valence electrons. The number of nitrogens with zero attached hydrogens (tertiary/aromatic N) is 3. The highest BCUT2D eigenvalue weighted by molar-refractivity contribution is 9.10. The van der Waals surface area contributed by atoms with Crippen LogP contribution in [0.3, 0.4) is 0 Å². The largest absolute Gasteiger partial charge is 0.333 e. The van der Waals surface area contributed by atoms with Crippen LogP contribution in [0.25, 0.3) is 0 Å². The maximum absolute atomic E-state index is 10.9. The molecule has 2 rings (SSSR count). The van der Waals surface area contributed by atoms with Gasteiger partial charge in [0.1, 0.15) is 6.20 Å². The zero-order chi connectivity index (χ0) is 14.0. The molecular formula is C11H8BrClN4O2. The number of halogens is 2. The monoisotopic (exact) mass is 342 g/mol. The Morgan fingerprint density at radius 1 is 1.47 bits per heavy atom. The SMILES string of the molecule is Cc1ccc(Nc2nc(Cl)ncc2[N+](=O)[O-])c(Br)c1. The van der Waals surface area contributed by atoms with E-state index < -0.39 is 4.92 Å². The fourth-order valence-corrected chi connectivity index (χ4v) is 2.15. The van der Waals surface area contributed by atoms with E-state index in [-0.39, 0.29) is 16.8 Å². The van der Waals surface area contributed by atoms with Gasteiger partial charge < -0.3 is 5.32 Å². The third kappa shape index (κ3) is 3.18. The molecule has 0 aliphatic carbocycles. The molecule has 19 heavy (non-hydrogen) atoms. The number of hydrogen-bond donors (Lipinski definition) is 1. The summed E-state index contributed by atoms with van der Waals surface area (Å²) in [5, 5.41) is 13.7. The van der Waals surface area contributed by atoms with Crippen LogP contribution in [0.4, 0.5) is 17.2 Å². The van der Waals surface area contributed by atoms with Gasteiger partial charge in [-0.1, -0.05) is 6.07 Å². The summed E-state index contributed by atoms with van der Waals surface area (Å²) in [7, 11) is 0. The molecule has 0 aliphatic heterocycles. The zero-order valence-electron chi connectivity index (χ0n) is 9.72. The average Bonchev–Trinajstić information content (AvgIpc) is 2.32. The summed E-state index contributed by atoms with van der Waals surface area (Å²) in [6.45, 7) is 1.94. The molecule has 1 aromatic heterocycles. The van der Waals surface area contributed by atoms with Crippen molar-refractivity contribution < 1.29 is 4.92 Å². The number of aromatic nitrogens is 2. The molecular weight excluding hydrogens is 336 g/mol. The number of rotatable bonds is 3. The summed E-state index contributed by atoms with van der Waals surface area (Å²) in [5.74, 6) is 0.0505. The number of nitro groups is 1. The molecule has 1 heterocycles. The van der Waals surface area contributed by atoms with Gasteiger partial charge in [0, 0.05) is 4.47 Å². The van der Waals surface area contributed by atoms with Gasteiger partial charge in [-0.15, -0.1) is 0 Å². The lowest BCUT2D eigenvalue weighted by Gasteiger charge is -2.08. The second kappa shape index (κ2) is 5.50. The maximum atomic E-state index is 10.9. The van der Waals surface area contributed by atoms with Crippen molar-refractivity contribution in [2.75, 3.05) is 5.32 Å². The predicted molar refractivity (Wildman–Crippen MR) is 75.9 cm³/mol. The molecule has 0 amide bonds. The van der Waals surface area contributed by atoms with Gasteiger partial charge in [-0.25, -0.2) is 4.98 Å². The van der Waals surface area contributed by atoms with E-state index in [4.69, 9.17) is 11.6 Å². The molecule has 1 aromatic carbocycles. The van der Waals surface area contributed by atoms with E-state index in [0.29, 0.717) is 5.69 Å². The number of nitrogens with one attached hydrogen (secondary N) is 1. The Bertz CT molecular complexity index is 651. The van der Waals surface area contributed by atoms with E-state index in [0.717, 1.165) is 16.2 Å². The Labute approximate surface area is 122 Å². The van der Waals surface area contributed by atoms with E-state index in [9.17, 15) is 10.1 Å². The highest BCUT2D eigenvalue weighted by Gasteiger charge is 2.17. The van der Waals surface area contributed by atoms with Gasteiger partial charge >= 0.3 is 5.69 Å². The second-order valence-corrected chi connectivity index (χ2v) is 4.93. The Balaban J connectivity index is 2.42. The molecule has 0 bridgehead atoms. The molecule has 0 radical (unpaired) electrons. The molecule has 8 heteroatoms. The second-order valence-electron chi connectivity index (χ2n) is 3.74. The fraction of sp³-hybridized carbons (Fsp3) is 0.0909. The number of aryl methyl sites for hydroxylation is 1. The van der Waals surface area contributed by atoms with Gasteiger partial charge in [0.05, 0.1) is 10.6 Å². The number of anilines is 2. The third-order valence-corrected chi connectivity index (χ3v) is 3.15. The smallest absolute Gasteiger partial charge is 0.329 e. The Hall–Kier alpha value is -1.73. The van der Waals surface area contributed by atoms with Crippen molar-refractivity contribution in [3.05, 3.63) is 49.8 Å². The molecule has 0 unspecified atom stereocenters. The van der Waals surface area contributed by atoms with Crippen molar-refractivity contribution in [1.29, 1.82) is 0 Å². The van der Waals surface area contributed by atoms with Crippen LogP contribution in [0.5, 0.6) is 0 Å². The van der Waals surface area contributed by atoms with Gasteiger partial charge in [0.25, 0.3) is 0 Å². The van der Waals surface area contributed by atoms with Gasteiger partial charge in [-0.05, 0) is 52.2 Å². The normalized spacial score (nSPS) is 10.3. The highest BCUT2D eigenvalue weighted by Crippen LogP contribution is 2.30. The van der Waals surface area contributed by atoms with E-state index >= 15 is 0 Å². The summed E-state index contributed by atoms with van der Waals surface area (Å²) >= 11 is 9.03. The predicted octanol–water partition coefficient (Wildman–Crippen LogP) is 3.85. The molecule has 2 aromatic rings. The maximum Gasteiger partial charge on any atom is 0.329 e. The molecule has 6 nitrogen and oxygen atoms in total. The van der Waals surface area contributed by atoms with Crippen LogP contribution in [0, 0.1) is 17.0 Å². The Kier molecular flexibility index (Phi) is 3.96. The quantitative estimate of drug-likeness (QED) is 0.520. The first kappa shape index (κ1) is 13.7. The van der Waals surface area contributed by atoms with Crippen LogP contribution in [0.15, 0.2) is 28.9 Å². The van der Waals surface area contributed by atoms with Gasteiger partial charge in [-0.3, -0.25) is 10.1 Å². The molecule has 0 saturated heterocycles. The summed E-state index contributed by atoms with van der Waals surface area (Å²) in [6.07, 6.45) is 1.07. The molecule has 0 fully saturated rings. The van der Waals surface area contributed by atoms with Crippen LogP contribution in [0.1, 0.15) is 5.56 Å². The first-order valence-electron chi connectivity index (χ1n) is 5.17. The van der Waals surface area contributed by atoms with Gasteiger partial charge in [-0.2, -0.15) is 4.98 Å². The van der Waals surface area contributed by atoms with Crippen molar-refractivity contribution in [3.63, 3.8) is 0 Å². The van der Waals surface area contributed by atoms with Crippen molar-refractivity contribution in [1.82, 2.24) is 9.97 Å². The van der Waals surface area contributed by atoms with Crippen molar-refractivity contribution >= 4 is 44.7 Å². The summed E-state index contributed by atoms with van der Waals surface area (Å²) in [5.41, 5.74) is 1.48. The van der Waals surface area contributed by atoms with Gasteiger partial charge in [0.2, 0.25) is 11.1 Å². The summed E-state index contributed by atoms with van der Waals surface area (Å²) < 4.78 is 0.775. The van der Waals surface area contributed by atoms with Crippen LogP contribution < -0.4 is 5.32 Å². The van der Waals surface area contributed by atoms with E-state index in [1.54, 1.807) is 6.07 Å². The van der Waals surface area contributed by atoms with Crippen LogP contribution >= 0.6 is 27.5 Å².